The molecule has 4 heterocycles. The van der Waals surface area contributed by atoms with E-state index in [1.165, 1.54) is 0 Å². The first-order valence-electron chi connectivity index (χ1n) is 15.9. The average molecular weight is 615 g/mol. The van der Waals surface area contributed by atoms with Crippen molar-refractivity contribution in [2.45, 2.75) is 0 Å². The molecular weight excluding hydrogens is 585 g/mol. The summed E-state index contributed by atoms with van der Waals surface area (Å²) in [5, 5.41) is 0. The van der Waals surface area contributed by atoms with Gasteiger partial charge in [0.1, 0.15) is 0 Å². The zero-order chi connectivity index (χ0) is 32.1. The molecule has 0 aliphatic rings. The van der Waals surface area contributed by atoms with E-state index < -0.39 is 0 Å². The molecule has 0 aliphatic heterocycles. The topological polar surface area (TPSA) is 51.6 Å². The van der Waals surface area contributed by atoms with Crippen LogP contribution in [-0.4, -0.2) is 19.9 Å². The second-order valence-electron chi connectivity index (χ2n) is 11.7. The lowest BCUT2D eigenvalue weighted by molar-refractivity contribution is 1.32. The number of benzene rings is 4. The van der Waals surface area contributed by atoms with Gasteiger partial charge in [-0.1, -0.05) is 54.6 Å². The van der Waals surface area contributed by atoms with Crippen LogP contribution < -0.4 is 0 Å². The lowest BCUT2D eigenvalue weighted by Gasteiger charge is -2.16. The first-order chi connectivity index (χ1) is 23.8. The summed E-state index contributed by atoms with van der Waals surface area (Å²) in [4.78, 5) is 17.7. The molecule has 4 nitrogen and oxygen atoms in total. The fourth-order valence-corrected chi connectivity index (χ4v) is 6.15. The highest BCUT2D eigenvalue weighted by Gasteiger charge is 2.14. The van der Waals surface area contributed by atoms with Gasteiger partial charge in [-0.25, -0.2) is 0 Å². The molecule has 0 amide bonds. The van der Waals surface area contributed by atoms with Crippen LogP contribution in [-0.2, 0) is 0 Å². The van der Waals surface area contributed by atoms with E-state index in [-0.39, 0.29) is 0 Å². The maximum atomic E-state index is 4.42. The van der Waals surface area contributed by atoms with Crippen molar-refractivity contribution >= 4 is 0 Å². The second-order valence-corrected chi connectivity index (χ2v) is 11.7. The van der Waals surface area contributed by atoms with Crippen molar-refractivity contribution in [2.75, 3.05) is 0 Å². The van der Waals surface area contributed by atoms with E-state index in [9.17, 15) is 0 Å². The SMILES string of the molecule is c1ccc(-c2cc(-c3cc(-c4cccnc4)cc(-c4cccnc4)c3)cc(-c3cc(-c4cccnc4)cc(-c4cccnc4)c3)c2)cc1. The van der Waals surface area contributed by atoms with E-state index in [2.05, 4.69) is 129 Å². The quantitative estimate of drug-likeness (QED) is 0.179. The fourth-order valence-electron chi connectivity index (χ4n) is 6.15. The first kappa shape index (κ1) is 28.9. The van der Waals surface area contributed by atoms with Crippen LogP contribution in [0.3, 0.4) is 0 Å². The summed E-state index contributed by atoms with van der Waals surface area (Å²) in [5.74, 6) is 0. The van der Waals surface area contributed by atoms with Crippen LogP contribution in [0.5, 0.6) is 0 Å². The summed E-state index contributed by atoms with van der Waals surface area (Å²) in [5.41, 5.74) is 15.4. The number of pyridine rings is 4. The molecule has 0 spiro atoms. The predicted molar refractivity (Wildman–Crippen MR) is 196 cm³/mol. The van der Waals surface area contributed by atoms with Gasteiger partial charge in [-0.05, 0) is 134 Å². The molecule has 0 atom stereocenters. The largest absolute Gasteiger partial charge is 0.264 e. The van der Waals surface area contributed by atoms with Crippen LogP contribution in [0, 0.1) is 0 Å². The van der Waals surface area contributed by atoms with Crippen molar-refractivity contribution < 1.29 is 0 Å². The molecule has 0 bridgehead atoms. The predicted octanol–water partition coefficient (Wildman–Crippen LogP) is 10.9. The van der Waals surface area contributed by atoms with E-state index >= 15 is 0 Å². The maximum absolute atomic E-state index is 4.42. The van der Waals surface area contributed by atoms with E-state index in [0.29, 0.717) is 0 Å². The minimum absolute atomic E-state index is 1.06. The molecule has 4 heteroatoms. The summed E-state index contributed by atoms with van der Waals surface area (Å²) in [6.07, 6.45) is 14.9. The van der Waals surface area contributed by atoms with Crippen molar-refractivity contribution in [2.24, 2.45) is 0 Å². The highest BCUT2D eigenvalue weighted by atomic mass is 14.6. The number of aromatic nitrogens is 4. The van der Waals surface area contributed by atoms with Gasteiger partial charge in [-0.2, -0.15) is 0 Å². The average Bonchev–Trinajstić information content (AvgIpc) is 3.19. The molecule has 8 rings (SSSR count). The zero-order valence-corrected chi connectivity index (χ0v) is 26.1. The van der Waals surface area contributed by atoms with E-state index in [1.54, 1.807) is 0 Å². The molecule has 48 heavy (non-hydrogen) atoms. The van der Waals surface area contributed by atoms with Gasteiger partial charge in [0.25, 0.3) is 0 Å². The summed E-state index contributed by atoms with van der Waals surface area (Å²) in [6.45, 7) is 0. The third kappa shape index (κ3) is 6.15. The van der Waals surface area contributed by atoms with Crippen LogP contribution in [0.4, 0.5) is 0 Å². The van der Waals surface area contributed by atoms with E-state index in [1.807, 2.05) is 73.8 Å². The van der Waals surface area contributed by atoms with Gasteiger partial charge in [0.15, 0.2) is 0 Å². The van der Waals surface area contributed by atoms with Gasteiger partial charge in [-0.15, -0.1) is 0 Å². The Morgan fingerprint density at radius 3 is 0.688 bits per heavy atom. The maximum Gasteiger partial charge on any atom is 0.0346 e. The Hall–Kier alpha value is -6.52. The normalized spacial score (nSPS) is 10.9. The highest BCUT2D eigenvalue weighted by Crippen LogP contribution is 2.39. The third-order valence-electron chi connectivity index (χ3n) is 8.55. The molecule has 226 valence electrons. The minimum Gasteiger partial charge on any atom is -0.264 e. The van der Waals surface area contributed by atoms with E-state index in [0.717, 1.165) is 77.9 Å². The molecule has 0 saturated heterocycles. The fraction of sp³-hybridized carbons (Fsp3) is 0. The van der Waals surface area contributed by atoms with Crippen LogP contribution >= 0.6 is 0 Å². The Labute approximate surface area is 280 Å². The smallest absolute Gasteiger partial charge is 0.0346 e. The van der Waals surface area contributed by atoms with Crippen LogP contribution in [0.25, 0.3) is 77.9 Å². The van der Waals surface area contributed by atoms with Crippen LogP contribution in [0.1, 0.15) is 0 Å². The Bertz CT molecular complexity index is 2050. The van der Waals surface area contributed by atoms with Crippen molar-refractivity contribution in [3.8, 4) is 77.9 Å². The highest BCUT2D eigenvalue weighted by molar-refractivity contribution is 5.88. The van der Waals surface area contributed by atoms with Crippen molar-refractivity contribution in [1.29, 1.82) is 0 Å². The summed E-state index contributed by atoms with van der Waals surface area (Å²) in [6, 6.07) is 47.3. The van der Waals surface area contributed by atoms with Gasteiger partial charge in [0.2, 0.25) is 0 Å². The second kappa shape index (κ2) is 13.1. The molecule has 4 aromatic carbocycles. The van der Waals surface area contributed by atoms with Gasteiger partial charge >= 0.3 is 0 Å². The molecule has 0 fully saturated rings. The molecule has 0 radical (unpaired) electrons. The van der Waals surface area contributed by atoms with Crippen molar-refractivity contribution in [3.63, 3.8) is 0 Å². The van der Waals surface area contributed by atoms with Crippen molar-refractivity contribution in [3.05, 3.63) is 183 Å². The lowest BCUT2D eigenvalue weighted by atomic mass is 9.89. The first-order valence-corrected chi connectivity index (χ1v) is 15.9. The Balaban J connectivity index is 1.36. The Morgan fingerprint density at radius 1 is 0.208 bits per heavy atom. The van der Waals surface area contributed by atoms with Crippen molar-refractivity contribution in [1.82, 2.24) is 19.9 Å². The monoisotopic (exact) mass is 614 g/mol. The number of hydrogen-bond acceptors (Lipinski definition) is 4. The molecule has 0 saturated carbocycles. The minimum atomic E-state index is 1.06. The molecule has 4 aromatic heterocycles. The molecule has 0 unspecified atom stereocenters. The van der Waals surface area contributed by atoms with Crippen LogP contribution in [0.15, 0.2) is 183 Å². The zero-order valence-electron chi connectivity index (χ0n) is 26.1. The van der Waals surface area contributed by atoms with Gasteiger partial charge in [0.05, 0.1) is 0 Å². The van der Waals surface area contributed by atoms with Gasteiger partial charge < -0.3 is 0 Å². The van der Waals surface area contributed by atoms with Gasteiger partial charge in [-0.3, -0.25) is 19.9 Å². The molecular formula is C44H30N4. The third-order valence-corrected chi connectivity index (χ3v) is 8.55. The molecule has 0 N–H and O–H groups in total. The number of rotatable bonds is 7. The molecule has 0 aliphatic carbocycles. The summed E-state index contributed by atoms with van der Waals surface area (Å²) < 4.78 is 0. The number of hydrogen-bond donors (Lipinski definition) is 0. The standard InChI is InChI=1S/C44H30N4/c1-2-8-31(9-3-1)36-18-41(43-22-37(32-10-4-14-45-27-32)20-38(23-43)33-11-5-15-46-28-33)26-42(19-36)44-24-39(34-12-6-16-47-29-34)21-40(25-44)35-13-7-17-48-30-35/h1-30H. The Morgan fingerprint density at radius 2 is 0.438 bits per heavy atom. The van der Waals surface area contributed by atoms with Gasteiger partial charge in [0, 0.05) is 71.8 Å². The summed E-state index contributed by atoms with van der Waals surface area (Å²) >= 11 is 0. The van der Waals surface area contributed by atoms with Crippen LogP contribution in [0.2, 0.25) is 0 Å². The Kier molecular flexibility index (Phi) is 7.87. The number of nitrogens with zero attached hydrogens (tertiary/aromatic N) is 4. The van der Waals surface area contributed by atoms with E-state index in [4.69, 9.17) is 0 Å². The summed E-state index contributed by atoms with van der Waals surface area (Å²) in [7, 11) is 0. The molecule has 8 aromatic rings. The lowest BCUT2D eigenvalue weighted by Crippen LogP contribution is -1.91.